The first-order valence-electron chi connectivity index (χ1n) is 14.7. The summed E-state index contributed by atoms with van der Waals surface area (Å²) < 4.78 is 0. The molecule has 0 spiro atoms. The van der Waals surface area contributed by atoms with Gasteiger partial charge < -0.3 is 20.0 Å². The Morgan fingerprint density at radius 1 is 1.12 bits per heavy atom. The minimum Gasteiger partial charge on any atom is -0.352 e. The minimum atomic E-state index is -0.113. The van der Waals surface area contributed by atoms with Crippen molar-refractivity contribution < 1.29 is 4.79 Å². The normalized spacial score (nSPS) is 19.6. The second kappa shape index (κ2) is 13.5. The summed E-state index contributed by atoms with van der Waals surface area (Å²) >= 11 is 0. The SMILES string of the molecule is Cc1ncnc(C)c1C(=O)NCC[C@H](C)N1CCC(N2C(=NC#N)N(Cc3cccnc3)CC2c2ccccc2)CC1. The summed E-state index contributed by atoms with van der Waals surface area (Å²) in [5.41, 5.74) is 4.29. The average Bonchev–Trinajstić information content (AvgIpc) is 3.35. The van der Waals surface area contributed by atoms with Crippen LogP contribution in [0.5, 0.6) is 0 Å². The Bertz CT molecular complexity index is 1390. The number of benzene rings is 1. The first-order chi connectivity index (χ1) is 20.5. The summed E-state index contributed by atoms with van der Waals surface area (Å²) in [7, 11) is 0. The molecule has 218 valence electrons. The van der Waals surface area contributed by atoms with E-state index in [-0.39, 0.29) is 18.0 Å². The summed E-state index contributed by atoms with van der Waals surface area (Å²) in [6.07, 6.45) is 10.0. The largest absolute Gasteiger partial charge is 0.352 e. The van der Waals surface area contributed by atoms with E-state index in [2.05, 4.69) is 83.4 Å². The molecule has 2 fully saturated rings. The number of hydrogen-bond acceptors (Lipinski definition) is 7. The smallest absolute Gasteiger partial charge is 0.254 e. The average molecular weight is 566 g/mol. The quantitative estimate of drug-likeness (QED) is 0.389. The second-order valence-electron chi connectivity index (χ2n) is 11.2. The summed E-state index contributed by atoms with van der Waals surface area (Å²) in [6.45, 7) is 9.82. The molecule has 5 rings (SSSR count). The van der Waals surface area contributed by atoms with Crippen LogP contribution in [0.25, 0.3) is 0 Å². The highest BCUT2D eigenvalue weighted by Gasteiger charge is 2.41. The van der Waals surface area contributed by atoms with Gasteiger partial charge >= 0.3 is 0 Å². The van der Waals surface area contributed by atoms with Crippen molar-refractivity contribution in [2.24, 2.45) is 4.99 Å². The van der Waals surface area contributed by atoms with E-state index in [1.54, 1.807) is 6.20 Å². The number of carbonyl (C=O) groups is 1. The van der Waals surface area contributed by atoms with Crippen LogP contribution in [0.4, 0.5) is 0 Å². The van der Waals surface area contributed by atoms with E-state index < -0.39 is 0 Å². The number of carbonyl (C=O) groups excluding carboxylic acids is 1. The van der Waals surface area contributed by atoms with Crippen LogP contribution in [0.15, 0.2) is 66.2 Å². The molecule has 0 bridgehead atoms. The molecule has 4 heterocycles. The molecular formula is C32H39N9O. The maximum absolute atomic E-state index is 12.8. The van der Waals surface area contributed by atoms with Gasteiger partial charge in [-0.3, -0.25) is 9.78 Å². The predicted octanol–water partition coefficient (Wildman–Crippen LogP) is 3.86. The maximum atomic E-state index is 12.8. The molecule has 0 saturated carbocycles. The number of nitrogens with one attached hydrogen (secondary N) is 1. The lowest BCUT2D eigenvalue weighted by Gasteiger charge is -2.42. The number of rotatable bonds is 9. The van der Waals surface area contributed by atoms with Gasteiger partial charge in [0.05, 0.1) is 23.0 Å². The fourth-order valence-corrected chi connectivity index (χ4v) is 6.25. The Morgan fingerprint density at radius 2 is 1.86 bits per heavy atom. The third kappa shape index (κ3) is 6.58. The van der Waals surface area contributed by atoms with Crippen LogP contribution >= 0.6 is 0 Å². The molecule has 42 heavy (non-hydrogen) atoms. The molecule has 10 nitrogen and oxygen atoms in total. The van der Waals surface area contributed by atoms with Gasteiger partial charge in [0.25, 0.3) is 5.91 Å². The zero-order valence-electron chi connectivity index (χ0n) is 24.6. The van der Waals surface area contributed by atoms with E-state index in [0.29, 0.717) is 36.1 Å². The number of nitriles is 1. The number of likely N-dealkylation sites (tertiary alicyclic amines) is 1. The van der Waals surface area contributed by atoms with Crippen molar-refractivity contribution in [1.29, 1.82) is 5.26 Å². The predicted molar refractivity (Wildman–Crippen MR) is 161 cm³/mol. The summed E-state index contributed by atoms with van der Waals surface area (Å²) in [6, 6.07) is 15.3. The van der Waals surface area contributed by atoms with E-state index in [0.717, 1.165) is 50.4 Å². The molecule has 2 aromatic heterocycles. The van der Waals surface area contributed by atoms with Crippen molar-refractivity contribution in [1.82, 2.24) is 35.0 Å². The third-order valence-electron chi connectivity index (χ3n) is 8.49. The van der Waals surface area contributed by atoms with Gasteiger partial charge in [0, 0.05) is 57.2 Å². The monoisotopic (exact) mass is 565 g/mol. The lowest BCUT2D eigenvalue weighted by atomic mass is 9.98. The molecule has 10 heteroatoms. The van der Waals surface area contributed by atoms with Crippen molar-refractivity contribution in [3.63, 3.8) is 0 Å². The summed E-state index contributed by atoms with van der Waals surface area (Å²) in [5, 5.41) is 12.7. The van der Waals surface area contributed by atoms with Gasteiger partial charge in [0.15, 0.2) is 0 Å². The molecule has 1 unspecified atom stereocenters. The number of aromatic nitrogens is 3. The third-order valence-corrected chi connectivity index (χ3v) is 8.49. The molecule has 0 radical (unpaired) electrons. The van der Waals surface area contributed by atoms with E-state index in [1.165, 1.54) is 11.9 Å². The maximum Gasteiger partial charge on any atom is 0.254 e. The topological polar surface area (TPSA) is 114 Å². The van der Waals surface area contributed by atoms with Gasteiger partial charge in [-0.1, -0.05) is 36.4 Å². The minimum absolute atomic E-state index is 0.113. The van der Waals surface area contributed by atoms with Gasteiger partial charge in [-0.05, 0) is 57.2 Å². The summed E-state index contributed by atoms with van der Waals surface area (Å²) in [5.74, 6) is 0.637. The molecule has 3 aromatic rings. The molecule has 1 aromatic carbocycles. The fraction of sp³-hybridized carbons (Fsp3) is 0.438. The molecule has 1 N–H and O–H groups in total. The van der Waals surface area contributed by atoms with Crippen LogP contribution in [0.1, 0.15) is 65.1 Å². The van der Waals surface area contributed by atoms with Gasteiger partial charge in [-0.15, -0.1) is 4.99 Å². The highest BCUT2D eigenvalue weighted by Crippen LogP contribution is 2.36. The fourth-order valence-electron chi connectivity index (χ4n) is 6.25. The number of aryl methyl sites for hydroxylation is 2. The highest BCUT2D eigenvalue weighted by molar-refractivity contribution is 5.96. The van der Waals surface area contributed by atoms with Crippen LogP contribution in [0, 0.1) is 25.3 Å². The first kappa shape index (κ1) is 29.1. The van der Waals surface area contributed by atoms with Crippen LogP contribution in [-0.4, -0.2) is 79.8 Å². The van der Waals surface area contributed by atoms with E-state index in [9.17, 15) is 10.1 Å². The number of hydrogen-bond donors (Lipinski definition) is 1. The van der Waals surface area contributed by atoms with Crippen LogP contribution in [0.3, 0.4) is 0 Å². The lowest BCUT2D eigenvalue weighted by Crippen LogP contribution is -2.50. The highest BCUT2D eigenvalue weighted by atomic mass is 16.1. The molecular weight excluding hydrogens is 526 g/mol. The number of nitrogens with zero attached hydrogens (tertiary/aromatic N) is 8. The Hall–Kier alpha value is -4.36. The lowest BCUT2D eigenvalue weighted by molar-refractivity contribution is 0.0929. The molecule has 2 saturated heterocycles. The van der Waals surface area contributed by atoms with Gasteiger partial charge in [-0.25, -0.2) is 9.97 Å². The van der Waals surface area contributed by atoms with E-state index in [1.807, 2.05) is 32.2 Å². The van der Waals surface area contributed by atoms with Crippen molar-refractivity contribution >= 4 is 11.9 Å². The molecule has 2 atom stereocenters. The van der Waals surface area contributed by atoms with Gasteiger partial charge in [0.1, 0.15) is 6.33 Å². The summed E-state index contributed by atoms with van der Waals surface area (Å²) in [4.78, 5) is 36.9. The number of guanidine groups is 1. The van der Waals surface area contributed by atoms with Crippen molar-refractivity contribution in [3.8, 4) is 6.19 Å². The number of aliphatic imine (C=N–C) groups is 1. The Labute approximate surface area is 248 Å². The van der Waals surface area contributed by atoms with Gasteiger partial charge in [0.2, 0.25) is 12.2 Å². The van der Waals surface area contributed by atoms with Gasteiger partial charge in [-0.2, -0.15) is 5.26 Å². The van der Waals surface area contributed by atoms with E-state index >= 15 is 0 Å². The zero-order chi connectivity index (χ0) is 29.5. The van der Waals surface area contributed by atoms with Crippen LogP contribution in [0.2, 0.25) is 0 Å². The number of amides is 1. The van der Waals surface area contributed by atoms with Crippen molar-refractivity contribution in [2.75, 3.05) is 26.2 Å². The Kier molecular flexibility index (Phi) is 9.39. The number of piperidine rings is 1. The standard InChI is InChI=1S/C32H39N9O/c1-23(11-15-35-31(42)30-24(2)37-22-38-25(30)3)39-16-12-28(13-17-39)41-29(27-9-5-4-6-10-27)20-40(32(41)36-21-33)19-26-8-7-14-34-18-26/h4-10,14,18,22-23,28-29H,11-13,15-17,19-20H2,1-3H3,(H,35,42)/t23-,29?/m0/s1. The van der Waals surface area contributed by atoms with E-state index in [4.69, 9.17) is 0 Å². The molecule has 2 aliphatic heterocycles. The van der Waals surface area contributed by atoms with Crippen LogP contribution < -0.4 is 5.32 Å². The van der Waals surface area contributed by atoms with Crippen molar-refractivity contribution in [2.45, 2.75) is 64.7 Å². The Balaban J connectivity index is 1.23. The van der Waals surface area contributed by atoms with Crippen LogP contribution in [-0.2, 0) is 6.54 Å². The first-order valence-corrected chi connectivity index (χ1v) is 14.7. The second-order valence-corrected chi connectivity index (χ2v) is 11.2. The Morgan fingerprint density at radius 3 is 2.52 bits per heavy atom. The number of pyridine rings is 1. The van der Waals surface area contributed by atoms with Crippen molar-refractivity contribution in [3.05, 3.63) is 89.3 Å². The zero-order valence-corrected chi connectivity index (χ0v) is 24.6. The molecule has 2 aliphatic rings. The molecule has 1 amide bonds. The molecule has 0 aliphatic carbocycles.